The maximum Gasteiger partial charge on any atom is 0.0461 e. The van der Waals surface area contributed by atoms with Gasteiger partial charge in [-0.05, 0) is 67.0 Å². The third-order valence-electron chi connectivity index (χ3n) is 4.25. The molecule has 0 fully saturated rings. The molecule has 32 heavy (non-hydrogen) atoms. The van der Waals surface area contributed by atoms with Crippen molar-refractivity contribution in [1.82, 2.24) is 0 Å². The molecule has 0 atom stereocenters. The fourth-order valence-corrected chi connectivity index (χ4v) is 2.97. The number of allylic oxidation sites excluding steroid dienone is 5. The minimum Gasteiger partial charge on any atom is -0.311 e. The molecule has 0 unspecified atom stereocenters. The summed E-state index contributed by atoms with van der Waals surface area (Å²) in [5.41, 5.74) is 6.37. The molecule has 0 aliphatic rings. The van der Waals surface area contributed by atoms with Gasteiger partial charge in [-0.2, -0.15) is 0 Å². The lowest BCUT2D eigenvalue weighted by Crippen LogP contribution is -2.19. The zero-order valence-corrected chi connectivity index (χ0v) is 20.8. The van der Waals surface area contributed by atoms with Crippen molar-refractivity contribution in [3.63, 3.8) is 0 Å². The molecule has 0 N–H and O–H groups in total. The fraction of sp³-hybridized carbons (Fsp3) is 0.226. The van der Waals surface area contributed by atoms with Crippen molar-refractivity contribution in [2.75, 3.05) is 4.90 Å². The first-order valence-electron chi connectivity index (χ1n) is 11.4. The topological polar surface area (TPSA) is 3.24 Å². The summed E-state index contributed by atoms with van der Waals surface area (Å²) in [6, 6.07) is 16.8. The Hall–Kier alpha value is -3.50. The van der Waals surface area contributed by atoms with Crippen LogP contribution in [-0.2, 0) is 0 Å². The number of anilines is 1. The SMILES string of the molecule is C=C/C=C(\C=C)N(/C(C=C)=C/CC)c1ccc(-c2ccc(C#CC)cc2)cc1.CC.CC. The van der Waals surface area contributed by atoms with Gasteiger partial charge in [0.1, 0.15) is 0 Å². The molecular weight excluding hydrogens is 386 g/mol. The summed E-state index contributed by atoms with van der Waals surface area (Å²) in [5.74, 6) is 6.00. The molecule has 0 aliphatic heterocycles. The lowest BCUT2D eigenvalue weighted by Gasteiger charge is -2.27. The number of rotatable bonds is 8. The van der Waals surface area contributed by atoms with Crippen molar-refractivity contribution in [3.05, 3.63) is 116 Å². The van der Waals surface area contributed by atoms with Crippen molar-refractivity contribution in [2.45, 2.75) is 48.0 Å². The van der Waals surface area contributed by atoms with Crippen LogP contribution in [0.15, 0.2) is 110 Å². The second-order valence-electron chi connectivity index (χ2n) is 6.11. The first-order chi connectivity index (χ1) is 15.7. The summed E-state index contributed by atoms with van der Waals surface area (Å²) in [7, 11) is 0. The number of hydrogen-bond donors (Lipinski definition) is 0. The van der Waals surface area contributed by atoms with Crippen LogP contribution in [0.4, 0.5) is 5.69 Å². The largest absolute Gasteiger partial charge is 0.311 e. The van der Waals surface area contributed by atoms with E-state index in [1.54, 1.807) is 6.08 Å². The van der Waals surface area contributed by atoms with E-state index in [4.69, 9.17) is 0 Å². The summed E-state index contributed by atoms with van der Waals surface area (Å²) < 4.78 is 0. The molecule has 1 heteroatoms. The van der Waals surface area contributed by atoms with Crippen LogP contribution in [-0.4, -0.2) is 0 Å². The molecular formula is C31H39N. The molecule has 0 saturated heterocycles. The quantitative estimate of drug-likeness (QED) is 0.301. The van der Waals surface area contributed by atoms with E-state index in [-0.39, 0.29) is 0 Å². The molecule has 1 nitrogen and oxygen atoms in total. The van der Waals surface area contributed by atoms with E-state index in [0.29, 0.717) is 0 Å². The summed E-state index contributed by atoms with van der Waals surface area (Å²) in [4.78, 5) is 2.13. The maximum absolute atomic E-state index is 3.98. The first-order valence-corrected chi connectivity index (χ1v) is 11.4. The summed E-state index contributed by atoms with van der Waals surface area (Å²) >= 11 is 0. The van der Waals surface area contributed by atoms with Crippen molar-refractivity contribution in [2.24, 2.45) is 0 Å². The zero-order valence-electron chi connectivity index (χ0n) is 20.8. The van der Waals surface area contributed by atoms with Gasteiger partial charge in [0.15, 0.2) is 0 Å². The Morgan fingerprint density at radius 3 is 1.72 bits per heavy atom. The molecule has 0 radical (unpaired) electrons. The Balaban J connectivity index is 0.00000227. The second kappa shape index (κ2) is 17.2. The van der Waals surface area contributed by atoms with Gasteiger partial charge in [0, 0.05) is 22.6 Å². The van der Waals surface area contributed by atoms with Crippen LogP contribution in [0.3, 0.4) is 0 Å². The summed E-state index contributed by atoms with van der Waals surface area (Å²) in [5, 5.41) is 0. The average molecular weight is 426 g/mol. The second-order valence-corrected chi connectivity index (χ2v) is 6.11. The van der Waals surface area contributed by atoms with E-state index in [9.17, 15) is 0 Å². The minimum absolute atomic E-state index is 0.918. The van der Waals surface area contributed by atoms with Crippen molar-refractivity contribution in [3.8, 4) is 23.0 Å². The Bertz CT molecular complexity index is 942. The molecule has 0 amide bonds. The lowest BCUT2D eigenvalue weighted by atomic mass is 10.0. The molecule has 2 rings (SSSR count). The Labute approximate surface area is 197 Å². The van der Waals surface area contributed by atoms with E-state index >= 15 is 0 Å². The number of benzene rings is 2. The van der Waals surface area contributed by atoms with Crippen molar-refractivity contribution >= 4 is 5.69 Å². The van der Waals surface area contributed by atoms with Crippen molar-refractivity contribution < 1.29 is 0 Å². The zero-order chi connectivity index (χ0) is 24.4. The molecule has 0 saturated carbocycles. The van der Waals surface area contributed by atoms with Gasteiger partial charge in [0.25, 0.3) is 0 Å². The van der Waals surface area contributed by atoms with Crippen molar-refractivity contribution in [1.29, 1.82) is 0 Å². The Kier molecular flexibility index (Phi) is 15.3. The number of nitrogens with zero attached hydrogens (tertiary/aromatic N) is 1. The predicted molar refractivity (Wildman–Crippen MR) is 147 cm³/mol. The molecule has 0 bridgehead atoms. The van der Waals surface area contributed by atoms with Gasteiger partial charge >= 0.3 is 0 Å². The highest BCUT2D eigenvalue weighted by Crippen LogP contribution is 2.29. The minimum atomic E-state index is 0.918. The Morgan fingerprint density at radius 1 is 0.812 bits per heavy atom. The fourth-order valence-electron chi connectivity index (χ4n) is 2.97. The average Bonchev–Trinajstić information content (AvgIpc) is 2.86. The standard InChI is InChI=1S/C27H27N.2C2H6/c1-6-11-22-14-16-23(17-15-22)24-18-20-27(21-19-24)28(25(9-4)12-7-2)26(10-5)13-8-3;2*1-2/h7,9-10,12-21H,2,4-5,8H2,1,3H3;2*1-2H3/b25-12+,26-13+;;. The molecule has 0 aliphatic carbocycles. The maximum atomic E-state index is 3.98. The molecule has 0 aromatic heterocycles. The van der Waals surface area contributed by atoms with Crippen LogP contribution < -0.4 is 4.90 Å². The van der Waals surface area contributed by atoms with E-state index in [2.05, 4.69) is 98.0 Å². The van der Waals surface area contributed by atoms with Gasteiger partial charge in [-0.3, -0.25) is 0 Å². The van der Waals surface area contributed by atoms with Crippen LogP contribution in [0.2, 0.25) is 0 Å². The first kappa shape index (κ1) is 28.5. The van der Waals surface area contributed by atoms with Crippen LogP contribution in [0.5, 0.6) is 0 Å². The molecule has 2 aromatic carbocycles. The van der Waals surface area contributed by atoms with Crippen LogP contribution in [0, 0.1) is 11.8 Å². The monoisotopic (exact) mass is 425 g/mol. The van der Waals surface area contributed by atoms with Crippen LogP contribution >= 0.6 is 0 Å². The molecule has 0 spiro atoms. The van der Waals surface area contributed by atoms with Gasteiger partial charge in [-0.15, -0.1) is 5.92 Å². The lowest BCUT2D eigenvalue weighted by molar-refractivity contribution is 1.10. The third-order valence-corrected chi connectivity index (χ3v) is 4.25. The molecule has 2 aromatic rings. The van der Waals surface area contributed by atoms with Gasteiger partial charge in [-0.25, -0.2) is 0 Å². The summed E-state index contributed by atoms with van der Waals surface area (Å²) in [6.45, 7) is 23.7. The normalized spacial score (nSPS) is 10.2. The number of hydrogen-bond acceptors (Lipinski definition) is 1. The van der Waals surface area contributed by atoms with Gasteiger partial charge in [0.05, 0.1) is 0 Å². The van der Waals surface area contributed by atoms with Crippen LogP contribution in [0.1, 0.15) is 53.5 Å². The molecule has 168 valence electrons. The molecule has 0 heterocycles. The third kappa shape index (κ3) is 8.32. The van der Waals surface area contributed by atoms with E-state index in [1.165, 1.54) is 5.56 Å². The van der Waals surface area contributed by atoms with Gasteiger partial charge in [-0.1, -0.05) is 96.7 Å². The highest BCUT2D eigenvalue weighted by Gasteiger charge is 2.13. The highest BCUT2D eigenvalue weighted by molar-refractivity contribution is 5.70. The predicted octanol–water partition coefficient (Wildman–Crippen LogP) is 9.32. The van der Waals surface area contributed by atoms with E-state index in [0.717, 1.165) is 34.6 Å². The smallest absolute Gasteiger partial charge is 0.0461 e. The van der Waals surface area contributed by atoms with Gasteiger partial charge < -0.3 is 4.90 Å². The van der Waals surface area contributed by atoms with E-state index < -0.39 is 0 Å². The summed E-state index contributed by atoms with van der Waals surface area (Å²) in [6.07, 6.45) is 10.5. The van der Waals surface area contributed by atoms with Crippen LogP contribution in [0.25, 0.3) is 11.1 Å². The van der Waals surface area contributed by atoms with Gasteiger partial charge in [0.2, 0.25) is 0 Å². The highest BCUT2D eigenvalue weighted by atomic mass is 15.1. The Morgan fingerprint density at radius 2 is 1.31 bits per heavy atom. The van der Waals surface area contributed by atoms with E-state index in [1.807, 2.05) is 52.8 Å².